The van der Waals surface area contributed by atoms with E-state index in [0.717, 1.165) is 5.54 Å². The molecule has 0 atom stereocenters. The maximum absolute atomic E-state index is 2.57. The Kier molecular flexibility index (Phi) is 3.47. The van der Waals surface area contributed by atoms with Crippen LogP contribution in [-0.4, -0.2) is 8.07 Å². The van der Waals surface area contributed by atoms with Crippen LogP contribution in [-0.2, 0) is 0 Å². The van der Waals surface area contributed by atoms with Gasteiger partial charge in [-0.15, -0.1) is 0 Å². The Morgan fingerprint density at radius 1 is 0.769 bits per heavy atom. The molecule has 0 aromatic rings. The summed E-state index contributed by atoms with van der Waals surface area (Å²) in [6.45, 7) is 21.9. The fourth-order valence-corrected chi connectivity index (χ4v) is 8.57. The maximum atomic E-state index is 2.57. The van der Waals surface area contributed by atoms with Crippen LogP contribution in [0.15, 0.2) is 0 Å². The minimum absolute atomic E-state index is 0.499. The molecular formula is C12H28Si. The molecule has 0 N–H and O–H groups in total. The van der Waals surface area contributed by atoms with Gasteiger partial charge in [0.25, 0.3) is 0 Å². The summed E-state index contributed by atoms with van der Waals surface area (Å²) in [7, 11) is -1.23. The first-order valence-corrected chi connectivity index (χ1v) is 8.02. The molecule has 0 rings (SSSR count). The zero-order valence-electron chi connectivity index (χ0n) is 11.1. The molecule has 0 bridgehead atoms. The lowest BCUT2D eigenvalue weighted by Gasteiger charge is -2.52. The molecule has 0 nitrogen and oxygen atoms in total. The highest BCUT2D eigenvalue weighted by atomic mass is 28.3. The first-order chi connectivity index (χ1) is 5.44. The Bertz CT molecular complexity index is 153. The molecule has 0 saturated heterocycles. The van der Waals surface area contributed by atoms with Gasteiger partial charge in [0.1, 0.15) is 0 Å². The van der Waals surface area contributed by atoms with Crippen LogP contribution in [0.5, 0.6) is 0 Å². The average molecular weight is 200 g/mol. The molecule has 0 fully saturated rings. The topological polar surface area (TPSA) is 0 Å². The minimum atomic E-state index is -1.23. The lowest BCUT2D eigenvalue weighted by atomic mass is 10.2. The van der Waals surface area contributed by atoms with Gasteiger partial charge in [-0.2, -0.15) is 0 Å². The normalized spacial score (nSPS) is 15.2. The Balaban J connectivity index is 5.22. The van der Waals surface area contributed by atoms with E-state index in [1.54, 1.807) is 0 Å². The molecule has 0 aliphatic heterocycles. The second kappa shape index (κ2) is 3.41. The smallest absolute Gasteiger partial charge is 0.0638 e. The van der Waals surface area contributed by atoms with Crippen LogP contribution in [0.25, 0.3) is 0 Å². The van der Waals surface area contributed by atoms with Crippen LogP contribution >= 0.6 is 0 Å². The predicted octanol–water partition coefficient (Wildman–Crippen LogP) is 5.08. The van der Waals surface area contributed by atoms with Gasteiger partial charge in [0.15, 0.2) is 0 Å². The van der Waals surface area contributed by atoms with E-state index in [-0.39, 0.29) is 0 Å². The molecule has 0 aromatic heterocycles. The van der Waals surface area contributed by atoms with Crippen molar-refractivity contribution in [1.29, 1.82) is 0 Å². The van der Waals surface area contributed by atoms with Crippen LogP contribution in [0, 0.1) is 0 Å². The maximum Gasteiger partial charge on any atom is 0.0638 e. The largest absolute Gasteiger partial charge is 0.0682 e. The van der Waals surface area contributed by atoms with Gasteiger partial charge in [-0.1, -0.05) is 67.5 Å². The molecule has 0 aliphatic rings. The molecule has 13 heavy (non-hydrogen) atoms. The van der Waals surface area contributed by atoms with E-state index in [9.17, 15) is 0 Å². The molecular weight excluding hydrogens is 172 g/mol. The number of rotatable bonds is 1. The van der Waals surface area contributed by atoms with E-state index in [2.05, 4.69) is 61.9 Å². The van der Waals surface area contributed by atoms with Crippen LogP contribution in [0.2, 0.25) is 22.2 Å². The zero-order valence-corrected chi connectivity index (χ0v) is 12.1. The second-order valence-electron chi connectivity index (χ2n) is 6.86. The van der Waals surface area contributed by atoms with Gasteiger partial charge >= 0.3 is 0 Å². The van der Waals surface area contributed by atoms with E-state index in [1.807, 2.05) is 0 Å². The van der Waals surface area contributed by atoms with Crippen LogP contribution in [0.3, 0.4) is 0 Å². The fourth-order valence-electron chi connectivity index (χ4n) is 2.86. The minimum Gasteiger partial charge on any atom is -0.0682 e. The highest BCUT2D eigenvalue weighted by Crippen LogP contribution is 2.56. The van der Waals surface area contributed by atoms with Crippen molar-refractivity contribution in [1.82, 2.24) is 0 Å². The lowest BCUT2D eigenvalue weighted by Crippen LogP contribution is -2.51. The fraction of sp³-hybridized carbons (Fsp3) is 1.00. The summed E-state index contributed by atoms with van der Waals surface area (Å²) in [5, 5.41) is 0.999. The van der Waals surface area contributed by atoms with Crippen LogP contribution < -0.4 is 0 Å². The summed E-state index contributed by atoms with van der Waals surface area (Å²) in [6.07, 6.45) is 0. The number of hydrogen-bond acceptors (Lipinski definition) is 0. The third-order valence-corrected chi connectivity index (χ3v) is 12.8. The van der Waals surface area contributed by atoms with Crippen molar-refractivity contribution < 1.29 is 0 Å². The molecule has 0 aliphatic carbocycles. The first kappa shape index (κ1) is 13.2. The summed E-state index contributed by atoms with van der Waals surface area (Å²) >= 11 is 0. The SMILES string of the molecule is CC(C)[Si](C)(C(C)(C)C)C(C)(C)C. The van der Waals surface area contributed by atoms with E-state index >= 15 is 0 Å². The lowest BCUT2D eigenvalue weighted by molar-refractivity contribution is 0.592. The molecule has 0 saturated carbocycles. The summed E-state index contributed by atoms with van der Waals surface area (Å²) in [5.74, 6) is 0. The summed E-state index contributed by atoms with van der Waals surface area (Å²) in [5.41, 5.74) is 0.854. The van der Waals surface area contributed by atoms with Gasteiger partial charge in [-0.05, 0) is 10.1 Å². The molecule has 0 unspecified atom stereocenters. The summed E-state index contributed by atoms with van der Waals surface area (Å²) < 4.78 is 0. The van der Waals surface area contributed by atoms with Crippen molar-refractivity contribution >= 4 is 8.07 Å². The molecule has 0 amide bonds. The number of hydrogen-bond donors (Lipinski definition) is 0. The molecule has 0 radical (unpaired) electrons. The van der Waals surface area contributed by atoms with Gasteiger partial charge in [-0.3, -0.25) is 0 Å². The Labute approximate surface area is 86.1 Å². The van der Waals surface area contributed by atoms with Crippen LogP contribution in [0.1, 0.15) is 55.4 Å². The average Bonchev–Trinajstić information content (AvgIpc) is 1.80. The monoisotopic (exact) mass is 200 g/mol. The van der Waals surface area contributed by atoms with Crippen molar-refractivity contribution in [3.63, 3.8) is 0 Å². The highest BCUT2D eigenvalue weighted by molar-refractivity contribution is 6.85. The summed E-state index contributed by atoms with van der Waals surface area (Å²) in [4.78, 5) is 0. The first-order valence-electron chi connectivity index (χ1n) is 5.44. The Morgan fingerprint density at radius 2 is 1.00 bits per heavy atom. The van der Waals surface area contributed by atoms with Crippen LogP contribution in [0.4, 0.5) is 0 Å². The van der Waals surface area contributed by atoms with E-state index in [4.69, 9.17) is 0 Å². The van der Waals surface area contributed by atoms with Gasteiger partial charge in [0, 0.05) is 0 Å². The van der Waals surface area contributed by atoms with Crippen molar-refractivity contribution in [2.45, 2.75) is 77.6 Å². The highest BCUT2D eigenvalue weighted by Gasteiger charge is 2.50. The van der Waals surface area contributed by atoms with E-state index in [1.165, 1.54) is 0 Å². The third-order valence-electron chi connectivity index (χ3n) is 4.27. The van der Waals surface area contributed by atoms with E-state index < -0.39 is 8.07 Å². The van der Waals surface area contributed by atoms with E-state index in [0.29, 0.717) is 10.1 Å². The molecule has 1 heteroatoms. The van der Waals surface area contributed by atoms with Gasteiger partial charge in [0.2, 0.25) is 0 Å². The van der Waals surface area contributed by atoms with Crippen molar-refractivity contribution in [2.24, 2.45) is 0 Å². The standard InChI is InChI=1S/C12H28Si/c1-10(2)13(9,11(3,4)5)12(6,7)8/h10H,1-9H3. The molecule has 0 heterocycles. The third kappa shape index (κ3) is 2.17. The molecule has 80 valence electrons. The van der Waals surface area contributed by atoms with Crippen molar-refractivity contribution in [3.05, 3.63) is 0 Å². The summed E-state index contributed by atoms with van der Waals surface area (Å²) in [6, 6.07) is 0. The van der Waals surface area contributed by atoms with Crippen molar-refractivity contribution in [2.75, 3.05) is 0 Å². The van der Waals surface area contributed by atoms with Gasteiger partial charge in [-0.25, -0.2) is 0 Å². The quantitative estimate of drug-likeness (QED) is 0.518. The zero-order chi connectivity index (χ0) is 11.1. The second-order valence-corrected chi connectivity index (χ2v) is 13.4. The molecule has 0 spiro atoms. The van der Waals surface area contributed by atoms with Gasteiger partial charge in [0.05, 0.1) is 8.07 Å². The Hall–Kier alpha value is 0.217. The van der Waals surface area contributed by atoms with Gasteiger partial charge < -0.3 is 0 Å². The predicted molar refractivity (Wildman–Crippen MR) is 66.1 cm³/mol. The Morgan fingerprint density at radius 3 is 1.00 bits per heavy atom. The molecule has 0 aromatic carbocycles. The van der Waals surface area contributed by atoms with Crippen molar-refractivity contribution in [3.8, 4) is 0 Å².